The largest absolute Gasteiger partial charge is 0.497 e. The summed E-state index contributed by atoms with van der Waals surface area (Å²) < 4.78 is 10.4. The molecule has 172 valence electrons. The summed E-state index contributed by atoms with van der Waals surface area (Å²) in [5, 5.41) is 13.1. The fraction of sp³-hybridized carbons (Fsp3) is 0.227. The number of hydrogen-bond donors (Lipinski definition) is 3. The fourth-order valence-electron chi connectivity index (χ4n) is 2.88. The smallest absolute Gasteiger partial charge is 0.278 e. The van der Waals surface area contributed by atoms with Gasteiger partial charge in [0.15, 0.2) is 10.9 Å². The summed E-state index contributed by atoms with van der Waals surface area (Å²) in [6, 6.07) is 11.8. The van der Waals surface area contributed by atoms with Gasteiger partial charge in [-0.25, -0.2) is 0 Å². The summed E-state index contributed by atoms with van der Waals surface area (Å²) in [4.78, 5) is 39.4. The molecule has 0 saturated carbocycles. The predicted octanol–water partition coefficient (Wildman–Crippen LogP) is 2.93. The van der Waals surface area contributed by atoms with Crippen molar-refractivity contribution < 1.29 is 19.1 Å². The molecule has 2 aromatic carbocycles. The molecule has 3 aromatic rings. The molecule has 0 aliphatic carbocycles. The van der Waals surface area contributed by atoms with Gasteiger partial charge in [0.05, 0.1) is 25.2 Å². The van der Waals surface area contributed by atoms with Crippen LogP contribution in [0.15, 0.2) is 52.4 Å². The number of aromatic amines is 1. The van der Waals surface area contributed by atoms with Crippen molar-refractivity contribution in [3.63, 3.8) is 0 Å². The van der Waals surface area contributed by atoms with Crippen molar-refractivity contribution in [2.45, 2.75) is 24.3 Å². The lowest BCUT2D eigenvalue weighted by Crippen LogP contribution is -2.24. The molecule has 0 unspecified atom stereocenters. The second-order valence-corrected chi connectivity index (χ2v) is 8.21. The first-order valence-corrected chi connectivity index (χ1v) is 10.7. The van der Waals surface area contributed by atoms with Crippen molar-refractivity contribution in [1.82, 2.24) is 15.2 Å². The highest BCUT2D eigenvalue weighted by atomic mass is 32.2. The number of rotatable bonds is 8. The average Bonchev–Trinajstić information content (AvgIpc) is 2.79. The number of carbonyl (C=O) groups excluding carboxylic acids is 2. The van der Waals surface area contributed by atoms with Crippen molar-refractivity contribution in [2.24, 2.45) is 0 Å². The third-order valence-corrected chi connectivity index (χ3v) is 5.42. The maximum absolute atomic E-state index is 12.6. The SMILES string of the molecule is COc1cc(NC(=O)[C@H](C)Sc2nnc(-c3ccccc3NC(C)=O)c(=O)[nH]2)cc(OC)c1. The second kappa shape index (κ2) is 10.6. The fourth-order valence-corrected chi connectivity index (χ4v) is 3.62. The van der Waals surface area contributed by atoms with Crippen molar-refractivity contribution in [1.29, 1.82) is 0 Å². The number of nitrogens with zero attached hydrogens (tertiary/aromatic N) is 2. The number of thioether (sulfide) groups is 1. The average molecular weight is 470 g/mol. The third-order valence-electron chi connectivity index (χ3n) is 4.45. The first-order chi connectivity index (χ1) is 15.8. The Labute approximate surface area is 194 Å². The van der Waals surface area contributed by atoms with Gasteiger partial charge in [-0.2, -0.15) is 0 Å². The van der Waals surface area contributed by atoms with Crippen molar-refractivity contribution >= 4 is 35.0 Å². The quantitative estimate of drug-likeness (QED) is 0.429. The van der Waals surface area contributed by atoms with E-state index in [0.717, 1.165) is 11.8 Å². The molecule has 33 heavy (non-hydrogen) atoms. The van der Waals surface area contributed by atoms with Gasteiger partial charge >= 0.3 is 0 Å². The van der Waals surface area contributed by atoms with Gasteiger partial charge in [0, 0.05) is 36.4 Å². The van der Waals surface area contributed by atoms with Crippen LogP contribution in [0.4, 0.5) is 11.4 Å². The van der Waals surface area contributed by atoms with Crippen LogP contribution in [-0.4, -0.2) is 46.5 Å². The molecule has 0 radical (unpaired) electrons. The molecule has 3 N–H and O–H groups in total. The Morgan fingerprint density at radius 1 is 1.03 bits per heavy atom. The number of nitrogens with one attached hydrogen (secondary N) is 3. The van der Waals surface area contributed by atoms with E-state index in [2.05, 4.69) is 25.8 Å². The van der Waals surface area contributed by atoms with E-state index in [4.69, 9.17) is 9.47 Å². The van der Waals surface area contributed by atoms with Crippen LogP contribution < -0.4 is 25.7 Å². The molecule has 3 rings (SSSR count). The van der Waals surface area contributed by atoms with Gasteiger partial charge in [-0.1, -0.05) is 30.0 Å². The highest BCUT2D eigenvalue weighted by Crippen LogP contribution is 2.28. The van der Waals surface area contributed by atoms with Crippen molar-refractivity contribution in [3.8, 4) is 22.8 Å². The Bertz CT molecular complexity index is 1210. The van der Waals surface area contributed by atoms with E-state index in [1.807, 2.05) is 0 Å². The summed E-state index contributed by atoms with van der Waals surface area (Å²) in [5.74, 6) is 0.496. The zero-order chi connectivity index (χ0) is 24.0. The van der Waals surface area contributed by atoms with Gasteiger partial charge in [-0.3, -0.25) is 19.4 Å². The van der Waals surface area contributed by atoms with Crippen LogP contribution in [0.25, 0.3) is 11.3 Å². The van der Waals surface area contributed by atoms with Gasteiger partial charge in [0.25, 0.3) is 5.56 Å². The normalized spacial score (nSPS) is 11.4. The van der Waals surface area contributed by atoms with Crippen molar-refractivity contribution in [3.05, 3.63) is 52.8 Å². The molecular weight excluding hydrogens is 446 g/mol. The van der Waals surface area contributed by atoms with Crippen LogP contribution >= 0.6 is 11.8 Å². The van der Waals surface area contributed by atoms with Crippen LogP contribution in [0, 0.1) is 0 Å². The minimum absolute atomic E-state index is 0.0595. The molecule has 1 heterocycles. The number of methoxy groups -OCH3 is 2. The summed E-state index contributed by atoms with van der Waals surface area (Å²) in [7, 11) is 3.04. The zero-order valence-corrected chi connectivity index (χ0v) is 19.3. The first-order valence-electron chi connectivity index (χ1n) is 9.85. The van der Waals surface area contributed by atoms with Gasteiger partial charge < -0.3 is 20.1 Å². The molecular formula is C22H23N5O5S. The molecule has 2 amide bonds. The molecule has 0 aliphatic rings. The highest BCUT2D eigenvalue weighted by molar-refractivity contribution is 8.00. The van der Waals surface area contributed by atoms with Crippen LogP contribution in [0.5, 0.6) is 11.5 Å². The minimum Gasteiger partial charge on any atom is -0.497 e. The highest BCUT2D eigenvalue weighted by Gasteiger charge is 2.19. The minimum atomic E-state index is -0.593. The van der Waals surface area contributed by atoms with Gasteiger partial charge in [0.1, 0.15) is 11.5 Å². The lowest BCUT2D eigenvalue weighted by Gasteiger charge is -2.13. The lowest BCUT2D eigenvalue weighted by molar-refractivity contribution is -0.115. The summed E-state index contributed by atoms with van der Waals surface area (Å²) in [6.45, 7) is 3.05. The number of carbonyl (C=O) groups is 2. The molecule has 0 bridgehead atoms. The number of anilines is 2. The van der Waals surface area contributed by atoms with E-state index < -0.39 is 10.8 Å². The Morgan fingerprint density at radius 3 is 2.30 bits per heavy atom. The van der Waals surface area contributed by atoms with E-state index in [9.17, 15) is 14.4 Å². The molecule has 1 atom stereocenters. The van der Waals surface area contributed by atoms with Crippen molar-refractivity contribution in [2.75, 3.05) is 24.9 Å². The maximum atomic E-state index is 12.6. The first kappa shape index (κ1) is 23.8. The Kier molecular flexibility index (Phi) is 7.67. The van der Waals surface area contributed by atoms with E-state index in [0.29, 0.717) is 28.4 Å². The van der Waals surface area contributed by atoms with E-state index in [1.165, 1.54) is 21.1 Å². The zero-order valence-electron chi connectivity index (χ0n) is 18.5. The van der Waals surface area contributed by atoms with Crippen LogP contribution in [0.1, 0.15) is 13.8 Å². The topological polar surface area (TPSA) is 135 Å². The Morgan fingerprint density at radius 2 is 1.70 bits per heavy atom. The molecule has 11 heteroatoms. The number of para-hydroxylation sites is 1. The monoisotopic (exact) mass is 469 g/mol. The molecule has 0 fully saturated rings. The van der Waals surface area contributed by atoms with Crippen LogP contribution in [0.2, 0.25) is 0 Å². The third kappa shape index (κ3) is 6.10. The summed E-state index contributed by atoms with van der Waals surface area (Å²) >= 11 is 1.05. The second-order valence-electron chi connectivity index (χ2n) is 6.89. The van der Waals surface area contributed by atoms with E-state index in [-0.39, 0.29) is 22.7 Å². The number of H-pyrrole nitrogens is 1. The number of ether oxygens (including phenoxy) is 2. The Hall–Kier alpha value is -3.86. The summed E-state index contributed by atoms with van der Waals surface area (Å²) in [5.41, 5.74) is 0.968. The standard InChI is InChI=1S/C22H23N5O5S/c1-12(20(29)24-14-9-15(31-3)11-16(10-14)32-4)33-22-25-21(30)19(26-27-22)17-7-5-6-8-18(17)23-13(2)28/h5-12H,1-4H3,(H,23,28)(H,24,29)(H,25,27,30)/t12-/m0/s1. The summed E-state index contributed by atoms with van der Waals surface area (Å²) in [6.07, 6.45) is 0. The van der Waals surface area contributed by atoms with Crippen LogP contribution in [-0.2, 0) is 9.59 Å². The Balaban J connectivity index is 1.75. The molecule has 0 spiro atoms. The lowest BCUT2D eigenvalue weighted by atomic mass is 10.1. The number of amides is 2. The van der Waals surface area contributed by atoms with E-state index in [1.54, 1.807) is 49.4 Å². The molecule has 10 nitrogen and oxygen atoms in total. The van der Waals surface area contributed by atoms with Gasteiger partial charge in [-0.05, 0) is 13.0 Å². The molecule has 0 aliphatic heterocycles. The van der Waals surface area contributed by atoms with Gasteiger partial charge in [-0.15, -0.1) is 10.2 Å². The molecule has 0 saturated heterocycles. The number of benzene rings is 2. The van der Waals surface area contributed by atoms with E-state index >= 15 is 0 Å². The van der Waals surface area contributed by atoms with Gasteiger partial charge in [0.2, 0.25) is 11.8 Å². The predicted molar refractivity (Wildman–Crippen MR) is 126 cm³/mol. The number of aromatic nitrogens is 3. The maximum Gasteiger partial charge on any atom is 0.278 e. The molecule has 1 aromatic heterocycles. The van der Waals surface area contributed by atoms with Crippen LogP contribution in [0.3, 0.4) is 0 Å². The number of hydrogen-bond acceptors (Lipinski definition) is 8.